The fraction of sp³-hybridized carbons (Fsp3) is 0.0909. The fourth-order valence-electron chi connectivity index (χ4n) is 1.07. The Morgan fingerprint density at radius 1 is 1.50 bits per heavy atom. The van der Waals surface area contributed by atoms with E-state index in [9.17, 15) is 14.7 Å². The molecular weight excluding hydrogens is 212 g/mol. The van der Waals surface area contributed by atoms with Crippen LogP contribution in [-0.4, -0.2) is 29.6 Å². The maximum Gasteiger partial charge on any atom is 0.382 e. The number of carboxylic acid groups (broad SMARTS) is 1. The lowest BCUT2D eigenvalue weighted by Crippen LogP contribution is -1.92. The van der Waals surface area contributed by atoms with Gasteiger partial charge in [0.15, 0.2) is 17.8 Å². The largest absolute Gasteiger partial charge is 0.504 e. The number of hydrogen-bond acceptors (Lipinski definition) is 4. The zero-order valence-corrected chi connectivity index (χ0v) is 8.35. The van der Waals surface area contributed by atoms with Gasteiger partial charge >= 0.3 is 5.97 Å². The number of benzene rings is 1. The Kier molecular flexibility index (Phi) is 3.51. The second kappa shape index (κ2) is 4.84. The lowest BCUT2D eigenvalue weighted by Gasteiger charge is -2.05. The number of methoxy groups -OCH3 is 1. The van der Waals surface area contributed by atoms with E-state index in [0.29, 0.717) is 6.29 Å². The molecular formula is C11H8O5. The van der Waals surface area contributed by atoms with Gasteiger partial charge in [-0.2, -0.15) is 0 Å². The average molecular weight is 220 g/mol. The number of hydrogen-bond donors (Lipinski definition) is 2. The minimum atomic E-state index is -1.28. The van der Waals surface area contributed by atoms with Crippen LogP contribution in [0.1, 0.15) is 15.9 Å². The van der Waals surface area contributed by atoms with Gasteiger partial charge in [0.2, 0.25) is 0 Å². The molecule has 0 saturated heterocycles. The number of carbonyl (C=O) groups is 2. The quantitative estimate of drug-likeness (QED) is 0.564. The molecule has 5 nitrogen and oxygen atoms in total. The zero-order chi connectivity index (χ0) is 12.1. The number of phenolic OH excluding ortho intramolecular Hbond substituents is 1. The Hall–Kier alpha value is -2.48. The number of aromatic hydroxyl groups is 1. The van der Waals surface area contributed by atoms with Gasteiger partial charge < -0.3 is 14.9 Å². The van der Waals surface area contributed by atoms with Crippen LogP contribution < -0.4 is 4.74 Å². The van der Waals surface area contributed by atoms with Gasteiger partial charge in [-0.25, -0.2) is 4.79 Å². The van der Waals surface area contributed by atoms with Crippen LogP contribution in [0.15, 0.2) is 12.1 Å². The van der Waals surface area contributed by atoms with Crippen LogP contribution in [0.4, 0.5) is 0 Å². The topological polar surface area (TPSA) is 83.8 Å². The van der Waals surface area contributed by atoms with Gasteiger partial charge in [0, 0.05) is 11.5 Å². The van der Waals surface area contributed by atoms with Crippen LogP contribution >= 0.6 is 0 Å². The van der Waals surface area contributed by atoms with Crippen LogP contribution in [0.25, 0.3) is 0 Å². The molecule has 2 N–H and O–H groups in total. The van der Waals surface area contributed by atoms with Crippen LogP contribution in [0, 0.1) is 11.8 Å². The molecule has 1 aromatic carbocycles. The third kappa shape index (κ3) is 2.51. The minimum Gasteiger partial charge on any atom is -0.504 e. The summed E-state index contributed by atoms with van der Waals surface area (Å²) >= 11 is 0. The van der Waals surface area contributed by atoms with Crippen LogP contribution in [0.2, 0.25) is 0 Å². The molecule has 16 heavy (non-hydrogen) atoms. The number of aliphatic carboxylic acids is 1. The van der Waals surface area contributed by atoms with Gasteiger partial charge in [-0.05, 0) is 12.1 Å². The first-order chi connectivity index (χ1) is 7.58. The summed E-state index contributed by atoms with van der Waals surface area (Å²) in [5, 5.41) is 17.8. The minimum absolute atomic E-state index is 0.00552. The second-order valence-electron chi connectivity index (χ2n) is 2.79. The molecule has 0 aliphatic heterocycles. The maximum absolute atomic E-state index is 10.6. The monoisotopic (exact) mass is 220 g/mol. The Bertz CT molecular complexity index is 493. The summed E-state index contributed by atoms with van der Waals surface area (Å²) in [6.07, 6.45) is 0.434. The summed E-state index contributed by atoms with van der Waals surface area (Å²) in [4.78, 5) is 20.8. The average Bonchev–Trinajstić information content (AvgIpc) is 2.27. The van der Waals surface area contributed by atoms with E-state index >= 15 is 0 Å². The second-order valence-corrected chi connectivity index (χ2v) is 2.79. The molecule has 0 spiro atoms. The van der Waals surface area contributed by atoms with E-state index in [1.807, 2.05) is 5.92 Å². The van der Waals surface area contributed by atoms with Crippen LogP contribution in [0.3, 0.4) is 0 Å². The van der Waals surface area contributed by atoms with Crippen molar-refractivity contribution < 1.29 is 24.5 Å². The molecule has 0 aliphatic rings. The number of phenols is 1. The molecule has 0 bridgehead atoms. The molecule has 0 atom stereocenters. The summed E-state index contributed by atoms with van der Waals surface area (Å²) in [5.74, 6) is 2.72. The van der Waals surface area contributed by atoms with Gasteiger partial charge in [-0.3, -0.25) is 4.79 Å². The van der Waals surface area contributed by atoms with Crippen molar-refractivity contribution >= 4 is 12.3 Å². The number of carboxylic acids is 1. The molecule has 82 valence electrons. The Labute approximate surface area is 91.3 Å². The Balaban J connectivity index is 3.29. The van der Waals surface area contributed by atoms with Gasteiger partial charge in [-0.15, -0.1) is 0 Å². The third-order valence-corrected chi connectivity index (χ3v) is 1.77. The molecule has 0 aromatic heterocycles. The molecule has 0 radical (unpaired) electrons. The van der Waals surface area contributed by atoms with Crippen molar-refractivity contribution in [2.24, 2.45) is 0 Å². The summed E-state index contributed by atoms with van der Waals surface area (Å²) in [5.41, 5.74) is 0.271. The molecule has 0 heterocycles. The van der Waals surface area contributed by atoms with E-state index in [1.165, 1.54) is 19.2 Å². The van der Waals surface area contributed by atoms with E-state index in [-0.39, 0.29) is 22.6 Å². The van der Waals surface area contributed by atoms with Crippen LogP contribution in [0.5, 0.6) is 11.5 Å². The predicted molar refractivity (Wildman–Crippen MR) is 54.6 cm³/mol. The van der Waals surface area contributed by atoms with Gasteiger partial charge in [-0.1, -0.05) is 5.92 Å². The highest BCUT2D eigenvalue weighted by Crippen LogP contribution is 2.29. The molecule has 1 aromatic rings. The first-order valence-electron chi connectivity index (χ1n) is 4.19. The number of aldehydes is 1. The Morgan fingerprint density at radius 2 is 2.19 bits per heavy atom. The molecule has 5 heteroatoms. The molecule has 0 unspecified atom stereocenters. The van der Waals surface area contributed by atoms with Crippen molar-refractivity contribution in [2.45, 2.75) is 0 Å². The van der Waals surface area contributed by atoms with Crippen LogP contribution in [-0.2, 0) is 4.79 Å². The summed E-state index contributed by atoms with van der Waals surface area (Å²) in [6.45, 7) is 0. The summed E-state index contributed by atoms with van der Waals surface area (Å²) in [6, 6.07) is 2.62. The van der Waals surface area contributed by atoms with Crippen molar-refractivity contribution in [3.05, 3.63) is 23.3 Å². The molecule has 0 aliphatic carbocycles. The lowest BCUT2D eigenvalue weighted by molar-refractivity contribution is -0.130. The van der Waals surface area contributed by atoms with E-state index in [2.05, 4.69) is 5.92 Å². The molecule has 0 saturated carbocycles. The van der Waals surface area contributed by atoms with E-state index in [1.54, 1.807) is 0 Å². The van der Waals surface area contributed by atoms with Gasteiger partial charge in [0.25, 0.3) is 0 Å². The summed E-state index contributed by atoms with van der Waals surface area (Å²) < 4.78 is 4.81. The molecule has 0 fully saturated rings. The highest BCUT2D eigenvalue weighted by atomic mass is 16.5. The van der Waals surface area contributed by atoms with Crippen molar-refractivity contribution in [1.29, 1.82) is 0 Å². The van der Waals surface area contributed by atoms with E-state index in [0.717, 1.165) is 0 Å². The fourth-order valence-corrected chi connectivity index (χ4v) is 1.07. The normalized spacial score (nSPS) is 8.81. The molecule has 0 amide bonds. The lowest BCUT2D eigenvalue weighted by atomic mass is 10.1. The van der Waals surface area contributed by atoms with E-state index in [4.69, 9.17) is 9.84 Å². The Morgan fingerprint density at radius 3 is 2.69 bits per heavy atom. The van der Waals surface area contributed by atoms with Crippen molar-refractivity contribution in [1.82, 2.24) is 0 Å². The van der Waals surface area contributed by atoms with Gasteiger partial charge in [0.1, 0.15) is 0 Å². The van der Waals surface area contributed by atoms with E-state index < -0.39 is 5.97 Å². The highest BCUT2D eigenvalue weighted by Gasteiger charge is 2.08. The van der Waals surface area contributed by atoms with Crippen molar-refractivity contribution in [3.8, 4) is 23.3 Å². The first-order valence-corrected chi connectivity index (χ1v) is 4.19. The SMILES string of the molecule is COc1cc(C#CC(=O)O)cc(C=O)c1O. The number of carbonyl (C=O) groups excluding carboxylic acids is 1. The first kappa shape index (κ1) is 11.6. The predicted octanol–water partition coefficient (Wildman–Crippen LogP) is 0.649. The molecule has 1 rings (SSSR count). The van der Waals surface area contributed by atoms with Crippen molar-refractivity contribution in [2.75, 3.05) is 7.11 Å². The maximum atomic E-state index is 10.6. The van der Waals surface area contributed by atoms with Gasteiger partial charge in [0.05, 0.1) is 12.7 Å². The zero-order valence-electron chi connectivity index (χ0n) is 8.35. The number of ether oxygens (including phenoxy) is 1. The summed E-state index contributed by atoms with van der Waals surface area (Å²) in [7, 11) is 1.32. The highest BCUT2D eigenvalue weighted by molar-refractivity contribution is 5.88. The number of rotatable bonds is 2. The third-order valence-electron chi connectivity index (χ3n) is 1.77. The standard InChI is InChI=1S/C11H8O5/c1-16-9-5-7(2-3-10(13)14)4-8(6-12)11(9)15/h4-6,15H,1H3,(H,13,14). The van der Waals surface area contributed by atoms with Crippen molar-refractivity contribution in [3.63, 3.8) is 0 Å². The smallest absolute Gasteiger partial charge is 0.382 e.